The van der Waals surface area contributed by atoms with E-state index in [4.69, 9.17) is 16.4 Å². The molecule has 2 N–H and O–H groups in total. The van der Waals surface area contributed by atoms with E-state index >= 15 is 0 Å². The van der Waals surface area contributed by atoms with Crippen molar-refractivity contribution in [3.05, 3.63) is 50.1 Å². The number of piperazine rings is 1. The molecule has 0 spiro atoms. The molecule has 1 saturated heterocycles. The van der Waals surface area contributed by atoms with E-state index in [9.17, 15) is 27.6 Å². The summed E-state index contributed by atoms with van der Waals surface area (Å²) in [5, 5.41) is 3.98. The topological polar surface area (TPSA) is 103 Å². The minimum atomic E-state index is -5.30. The number of hydroxylamine groups is 1. The number of aromatic amines is 1. The second-order valence-corrected chi connectivity index (χ2v) is 7.55. The molecule has 172 valence electrons. The van der Waals surface area contributed by atoms with Gasteiger partial charge < -0.3 is 10.2 Å². The van der Waals surface area contributed by atoms with E-state index in [1.165, 1.54) is 11.9 Å². The fraction of sp³-hybridized carbons (Fsp3) is 0.389. The molecule has 2 aromatic rings. The molecular weight excluding hydrogens is 457 g/mol. The second kappa shape index (κ2) is 8.15. The molecule has 0 amide bonds. The minimum Gasteiger partial charge on any atom is -0.327 e. The first-order valence-corrected chi connectivity index (χ1v) is 9.89. The van der Waals surface area contributed by atoms with Gasteiger partial charge in [0.2, 0.25) is 6.29 Å². The Bertz CT molecular complexity index is 1160. The van der Waals surface area contributed by atoms with Gasteiger partial charge in [-0.1, -0.05) is 23.7 Å². The number of rotatable bonds is 3. The van der Waals surface area contributed by atoms with Crippen molar-refractivity contribution >= 4 is 34.8 Å². The van der Waals surface area contributed by atoms with Crippen LogP contribution in [0, 0.1) is 0 Å². The Kier molecular flexibility index (Phi) is 5.65. The Hall–Kier alpha value is -3.03. The van der Waals surface area contributed by atoms with Gasteiger partial charge in [-0.3, -0.25) is 24.1 Å². The van der Waals surface area contributed by atoms with E-state index < -0.39 is 29.7 Å². The second-order valence-electron chi connectivity index (χ2n) is 7.15. The lowest BCUT2D eigenvalue weighted by molar-refractivity contribution is -0.203. The van der Waals surface area contributed by atoms with Crippen LogP contribution in [-0.4, -0.2) is 59.1 Å². The molecule has 1 aromatic carbocycles. The fourth-order valence-electron chi connectivity index (χ4n) is 3.74. The average Bonchev–Trinajstić information content (AvgIpc) is 3.07. The van der Waals surface area contributed by atoms with Gasteiger partial charge in [-0.25, -0.2) is 9.59 Å². The highest BCUT2D eigenvalue weighted by atomic mass is 35.5. The Morgan fingerprint density at radius 3 is 2.47 bits per heavy atom. The summed E-state index contributed by atoms with van der Waals surface area (Å²) in [5.41, 5.74) is -1.65. The first-order valence-electron chi connectivity index (χ1n) is 9.51. The number of benzene rings is 1. The molecule has 1 fully saturated rings. The number of halogens is 4. The fourth-order valence-corrected chi connectivity index (χ4v) is 3.97. The number of hydrogen-bond donors (Lipinski definition) is 2. The van der Waals surface area contributed by atoms with Crippen LogP contribution in [0.1, 0.15) is 0 Å². The molecule has 2 aliphatic heterocycles. The molecule has 0 saturated carbocycles. The van der Waals surface area contributed by atoms with Crippen molar-refractivity contribution in [1.29, 1.82) is 0 Å². The molecule has 1 atom stereocenters. The van der Waals surface area contributed by atoms with Gasteiger partial charge in [0.25, 0.3) is 5.56 Å². The highest BCUT2D eigenvalue weighted by Crippen LogP contribution is 2.44. The normalized spacial score (nSPS) is 19.2. The molecule has 1 unspecified atom stereocenters. The minimum absolute atomic E-state index is 0.182. The van der Waals surface area contributed by atoms with E-state index in [0.717, 1.165) is 4.57 Å². The number of carbonyl (C=O) groups excluding carboxylic acids is 1. The third-order valence-corrected chi connectivity index (χ3v) is 5.48. The first kappa shape index (κ1) is 22.2. The summed E-state index contributed by atoms with van der Waals surface area (Å²) in [7, 11) is 1.25. The number of H-pyrrole nitrogens is 1. The molecule has 0 aliphatic carbocycles. The van der Waals surface area contributed by atoms with Crippen molar-refractivity contribution in [2.24, 2.45) is 7.05 Å². The first-order chi connectivity index (χ1) is 15.1. The number of nitrogens with zero attached hydrogens (tertiary/aromatic N) is 4. The van der Waals surface area contributed by atoms with Crippen LogP contribution in [0.3, 0.4) is 0 Å². The van der Waals surface area contributed by atoms with Crippen LogP contribution in [0.2, 0.25) is 5.02 Å². The summed E-state index contributed by atoms with van der Waals surface area (Å²) in [5.74, 6) is -2.79. The third-order valence-electron chi connectivity index (χ3n) is 5.16. The molecule has 0 radical (unpaired) electrons. The molecule has 10 nitrogen and oxygen atoms in total. The zero-order valence-electron chi connectivity index (χ0n) is 16.6. The predicted octanol–water partition coefficient (Wildman–Crippen LogP) is 0.894. The van der Waals surface area contributed by atoms with Gasteiger partial charge in [-0.15, -0.1) is 5.06 Å². The van der Waals surface area contributed by atoms with E-state index in [1.54, 1.807) is 29.2 Å². The number of alkyl halides is 3. The van der Waals surface area contributed by atoms with Crippen molar-refractivity contribution in [2.75, 3.05) is 36.1 Å². The lowest BCUT2D eigenvalue weighted by Gasteiger charge is -2.41. The summed E-state index contributed by atoms with van der Waals surface area (Å²) < 4.78 is 40.2. The number of aromatic nitrogens is 2. The SMILES string of the molecule is Cn1c2c(c(=O)[nH]c1=O)N(c1ccccc1Cl)C(N1CCNCC1)N2OC(=O)C(F)(F)F. The van der Waals surface area contributed by atoms with Crippen LogP contribution in [0.15, 0.2) is 33.9 Å². The Labute approximate surface area is 183 Å². The van der Waals surface area contributed by atoms with E-state index in [-0.39, 0.29) is 22.2 Å². The van der Waals surface area contributed by atoms with E-state index in [1.807, 2.05) is 0 Å². The van der Waals surface area contributed by atoms with Crippen molar-refractivity contribution in [1.82, 2.24) is 19.8 Å². The maximum absolute atomic E-state index is 13.1. The van der Waals surface area contributed by atoms with Gasteiger partial charge in [0.15, 0.2) is 11.5 Å². The summed E-state index contributed by atoms with van der Waals surface area (Å²) in [6.45, 7) is 1.70. The largest absolute Gasteiger partial charge is 0.493 e. The highest BCUT2D eigenvalue weighted by Gasteiger charge is 2.51. The van der Waals surface area contributed by atoms with Crippen molar-refractivity contribution < 1.29 is 22.8 Å². The highest BCUT2D eigenvalue weighted by molar-refractivity contribution is 6.33. The van der Waals surface area contributed by atoms with Crippen LogP contribution < -0.4 is 26.5 Å². The number of nitrogens with one attached hydrogen (secondary N) is 2. The van der Waals surface area contributed by atoms with Crippen LogP contribution >= 0.6 is 11.6 Å². The maximum atomic E-state index is 13.1. The Balaban J connectivity index is 1.97. The number of para-hydroxylation sites is 1. The summed E-state index contributed by atoms with van der Waals surface area (Å²) in [6.07, 6.45) is -6.50. The van der Waals surface area contributed by atoms with Gasteiger partial charge >= 0.3 is 17.8 Å². The molecule has 1 aromatic heterocycles. The Morgan fingerprint density at radius 1 is 1.19 bits per heavy atom. The van der Waals surface area contributed by atoms with E-state index in [2.05, 4.69) is 10.3 Å². The molecular formula is C18H18ClF3N6O4. The van der Waals surface area contributed by atoms with Crippen LogP contribution in [-0.2, 0) is 16.7 Å². The summed E-state index contributed by atoms with van der Waals surface area (Å²) in [6, 6.07) is 6.40. The number of fused-ring (bicyclic) bond motifs is 1. The van der Waals surface area contributed by atoms with Gasteiger partial charge in [0, 0.05) is 33.2 Å². The lowest BCUT2D eigenvalue weighted by atomic mass is 10.2. The molecule has 2 aliphatic rings. The average molecular weight is 475 g/mol. The van der Waals surface area contributed by atoms with Gasteiger partial charge in [-0.2, -0.15) is 13.2 Å². The number of carbonyl (C=O) groups is 1. The number of hydrogen-bond acceptors (Lipinski definition) is 8. The smallest absolute Gasteiger partial charge is 0.327 e. The molecule has 4 rings (SSSR count). The zero-order valence-corrected chi connectivity index (χ0v) is 17.4. The number of anilines is 3. The van der Waals surface area contributed by atoms with Crippen molar-refractivity contribution in [2.45, 2.75) is 12.5 Å². The molecule has 0 bridgehead atoms. The summed E-state index contributed by atoms with van der Waals surface area (Å²) in [4.78, 5) is 46.9. The van der Waals surface area contributed by atoms with Gasteiger partial charge in [0.05, 0.1) is 10.7 Å². The maximum Gasteiger partial charge on any atom is 0.493 e. The zero-order chi connectivity index (χ0) is 23.2. The molecule has 32 heavy (non-hydrogen) atoms. The van der Waals surface area contributed by atoms with Crippen LogP contribution in [0.25, 0.3) is 0 Å². The third kappa shape index (κ3) is 3.72. The van der Waals surface area contributed by atoms with E-state index in [0.29, 0.717) is 31.2 Å². The van der Waals surface area contributed by atoms with Crippen molar-refractivity contribution in [3.63, 3.8) is 0 Å². The quantitative estimate of drug-likeness (QED) is 0.676. The van der Waals surface area contributed by atoms with Crippen LogP contribution in [0.5, 0.6) is 0 Å². The van der Waals surface area contributed by atoms with Crippen molar-refractivity contribution in [3.8, 4) is 0 Å². The Morgan fingerprint density at radius 2 is 1.84 bits per heavy atom. The van der Waals surface area contributed by atoms with Gasteiger partial charge in [-0.05, 0) is 12.1 Å². The molecule has 3 heterocycles. The van der Waals surface area contributed by atoms with Crippen LogP contribution in [0.4, 0.5) is 30.4 Å². The standard InChI is InChI=1S/C18H18ClF3N6O4/c1-25-14-12(13(29)24-16(25)31)27(11-5-3-2-4-10(11)19)17(26-8-6-23-7-9-26)28(14)32-15(30)18(20,21)22/h2-5,17,23H,6-9H2,1H3,(H,24,29,31). The summed E-state index contributed by atoms with van der Waals surface area (Å²) >= 11 is 6.36. The predicted molar refractivity (Wildman–Crippen MR) is 109 cm³/mol. The molecule has 14 heteroatoms. The lowest BCUT2D eigenvalue weighted by Crippen LogP contribution is -2.60. The van der Waals surface area contributed by atoms with Gasteiger partial charge in [0.1, 0.15) is 0 Å². The monoisotopic (exact) mass is 474 g/mol.